The van der Waals surface area contributed by atoms with E-state index < -0.39 is 33.6 Å². The van der Waals surface area contributed by atoms with Gasteiger partial charge in [-0.15, -0.1) is 11.3 Å². The van der Waals surface area contributed by atoms with Crippen molar-refractivity contribution < 1.29 is 34.3 Å². The third-order valence-corrected chi connectivity index (χ3v) is 8.99. The van der Waals surface area contributed by atoms with Gasteiger partial charge in [-0.2, -0.15) is 0 Å². The molecule has 0 unspecified atom stereocenters. The molecule has 2 aromatic carbocycles. The van der Waals surface area contributed by atoms with Crippen LogP contribution < -0.4 is 4.74 Å². The minimum absolute atomic E-state index is 0.0215. The van der Waals surface area contributed by atoms with Crippen LogP contribution in [0, 0.1) is 6.92 Å². The van der Waals surface area contributed by atoms with Crippen LogP contribution in [0.1, 0.15) is 45.4 Å². The Morgan fingerprint density at radius 2 is 1.82 bits per heavy atom. The standard InChI is InChI=1S/C28H35N3O7S2/c1-20-26(24(33)19-40(36,37)30(2)16-17-32)29-25(39-20)18-31(15-7-10-21-8-5-4-6-9-21)28(35)27(34)22-11-13-23(38-3)14-12-22/h4-6,8-9,11-14,27,32,34H,7,10,15-19H2,1-3H3/t27-/m1/s1/i3D. The summed E-state index contributed by atoms with van der Waals surface area (Å²) < 4.78 is 38.1. The van der Waals surface area contributed by atoms with Crippen LogP contribution in [0.3, 0.4) is 0 Å². The van der Waals surface area contributed by atoms with E-state index in [4.69, 9.17) is 11.2 Å². The number of carbonyl (C=O) groups excluding carboxylic acids is 2. The maximum absolute atomic E-state index is 13.5. The van der Waals surface area contributed by atoms with Crippen molar-refractivity contribution in [3.05, 3.63) is 81.3 Å². The summed E-state index contributed by atoms with van der Waals surface area (Å²) in [7, 11) is -2.89. The van der Waals surface area contributed by atoms with Gasteiger partial charge < -0.3 is 19.8 Å². The number of carbonyl (C=O) groups is 2. The summed E-state index contributed by atoms with van der Waals surface area (Å²) in [6, 6.07) is 16.1. The Morgan fingerprint density at radius 3 is 2.48 bits per heavy atom. The summed E-state index contributed by atoms with van der Waals surface area (Å²) in [6.07, 6.45) is -0.129. The molecule has 1 atom stereocenters. The van der Waals surface area contributed by atoms with Crippen molar-refractivity contribution in [2.45, 2.75) is 32.4 Å². The molecule has 3 rings (SSSR count). The highest BCUT2D eigenvalue weighted by Crippen LogP contribution is 2.24. The van der Waals surface area contributed by atoms with Gasteiger partial charge >= 0.3 is 0 Å². The van der Waals surface area contributed by atoms with Crippen LogP contribution >= 0.6 is 11.3 Å². The normalized spacial score (nSPS) is 12.7. The number of sulfonamides is 1. The first-order valence-corrected chi connectivity index (χ1v) is 15.1. The van der Waals surface area contributed by atoms with Crippen molar-refractivity contribution in [3.63, 3.8) is 0 Å². The van der Waals surface area contributed by atoms with Crippen molar-refractivity contribution in [2.75, 3.05) is 39.6 Å². The Bertz CT molecular complexity index is 1400. The van der Waals surface area contributed by atoms with Crippen LogP contribution in [0.25, 0.3) is 0 Å². The predicted molar refractivity (Wildman–Crippen MR) is 153 cm³/mol. The van der Waals surface area contributed by atoms with E-state index in [1.165, 1.54) is 23.3 Å². The Kier molecular flexibility index (Phi) is 10.8. The number of aromatic nitrogens is 1. The molecule has 2 N–H and O–H groups in total. The van der Waals surface area contributed by atoms with Gasteiger partial charge in [-0.25, -0.2) is 17.7 Å². The Morgan fingerprint density at radius 1 is 1.12 bits per heavy atom. The fourth-order valence-electron chi connectivity index (χ4n) is 4.01. The monoisotopic (exact) mass is 590 g/mol. The van der Waals surface area contributed by atoms with Crippen LogP contribution in [0.5, 0.6) is 5.75 Å². The van der Waals surface area contributed by atoms with Crippen LogP contribution in [0.4, 0.5) is 0 Å². The maximum atomic E-state index is 13.5. The summed E-state index contributed by atoms with van der Waals surface area (Å²) in [5, 5.41) is 20.4. The number of aliphatic hydroxyl groups is 2. The second-order valence-corrected chi connectivity index (χ2v) is 12.6. The highest BCUT2D eigenvalue weighted by atomic mass is 32.2. The molecular weight excluding hydrogens is 554 g/mol. The molecule has 0 fully saturated rings. The Hall–Kier alpha value is -3.16. The molecule has 3 aromatic rings. The van der Waals surface area contributed by atoms with Crippen molar-refractivity contribution in [2.24, 2.45) is 0 Å². The second kappa shape index (κ2) is 14.5. The highest BCUT2D eigenvalue weighted by Gasteiger charge is 2.28. The zero-order valence-corrected chi connectivity index (χ0v) is 24.2. The van der Waals surface area contributed by atoms with Crippen molar-refractivity contribution in [3.8, 4) is 5.75 Å². The van der Waals surface area contributed by atoms with Crippen LogP contribution in [0.2, 0.25) is 0 Å². The van der Waals surface area contributed by atoms with Gasteiger partial charge in [0.15, 0.2) is 11.9 Å². The molecule has 12 heteroatoms. The average molecular weight is 591 g/mol. The number of nitrogens with zero attached hydrogens (tertiary/aromatic N) is 3. The van der Waals surface area contributed by atoms with Gasteiger partial charge in [0.2, 0.25) is 10.0 Å². The first-order valence-electron chi connectivity index (χ1n) is 13.3. The number of amides is 1. The molecule has 0 saturated heterocycles. The van der Waals surface area contributed by atoms with Gasteiger partial charge in [0, 0.05) is 25.0 Å². The number of Topliss-reactive ketones (excluding diaryl/α,β-unsaturated/α-hetero) is 1. The third-order valence-electron chi connectivity index (χ3n) is 6.28. The fourth-order valence-corrected chi connectivity index (χ4v) is 6.03. The van der Waals surface area contributed by atoms with Gasteiger partial charge in [0.1, 0.15) is 22.2 Å². The summed E-state index contributed by atoms with van der Waals surface area (Å²) >= 11 is 1.19. The largest absolute Gasteiger partial charge is 0.497 e. The molecule has 0 aliphatic rings. The van der Waals surface area contributed by atoms with E-state index in [2.05, 4.69) is 4.98 Å². The van der Waals surface area contributed by atoms with E-state index >= 15 is 0 Å². The lowest BCUT2D eigenvalue weighted by Gasteiger charge is -2.25. The average Bonchev–Trinajstić information content (AvgIpc) is 3.32. The van der Waals surface area contributed by atoms with Gasteiger partial charge in [-0.3, -0.25) is 9.59 Å². The number of benzene rings is 2. The Balaban J connectivity index is 1.78. The van der Waals surface area contributed by atoms with E-state index in [-0.39, 0.29) is 32.5 Å². The predicted octanol–water partition coefficient (Wildman–Crippen LogP) is 2.59. The van der Waals surface area contributed by atoms with E-state index in [0.717, 1.165) is 9.87 Å². The molecule has 1 aromatic heterocycles. The van der Waals surface area contributed by atoms with E-state index in [0.29, 0.717) is 40.6 Å². The van der Waals surface area contributed by atoms with Gasteiger partial charge in [-0.1, -0.05) is 42.5 Å². The lowest BCUT2D eigenvalue weighted by molar-refractivity contribution is -0.141. The molecule has 1 heterocycles. The molecule has 0 spiro atoms. The van der Waals surface area contributed by atoms with E-state index in [1.807, 2.05) is 30.3 Å². The molecule has 40 heavy (non-hydrogen) atoms. The van der Waals surface area contributed by atoms with Gasteiger partial charge in [0.25, 0.3) is 5.91 Å². The SMILES string of the molecule is [2H]COc1ccc([C@@H](O)C(=O)N(CCCc2ccccc2)Cc2nc(C(=O)CS(=O)(=O)N(C)CCO)c(C)s2)cc1. The van der Waals surface area contributed by atoms with E-state index in [1.54, 1.807) is 31.2 Å². The first kappa shape index (κ1) is 29.8. The minimum atomic E-state index is -3.93. The number of hydrogen-bond donors (Lipinski definition) is 2. The lowest BCUT2D eigenvalue weighted by atomic mass is 10.1. The lowest BCUT2D eigenvalue weighted by Crippen LogP contribution is -2.36. The number of methoxy groups -OCH3 is 1. The number of ether oxygens (including phenoxy) is 1. The summed E-state index contributed by atoms with van der Waals surface area (Å²) in [4.78, 5) is 32.7. The molecule has 0 aliphatic heterocycles. The second-order valence-electron chi connectivity index (χ2n) is 9.20. The van der Waals surface area contributed by atoms with Crippen LogP contribution in [-0.2, 0) is 27.8 Å². The topological polar surface area (TPSA) is 137 Å². The number of rotatable bonds is 15. The molecule has 0 radical (unpaired) electrons. The molecule has 1 amide bonds. The maximum Gasteiger partial charge on any atom is 0.256 e. The molecule has 0 saturated carbocycles. The third kappa shape index (κ3) is 8.42. The zero-order chi connectivity index (χ0) is 30.0. The summed E-state index contributed by atoms with van der Waals surface area (Å²) in [5.74, 6) is -1.55. The van der Waals surface area contributed by atoms with Crippen molar-refractivity contribution >= 4 is 33.1 Å². The number of likely N-dealkylation sites (N-methyl/N-ethyl adjacent to an activating group) is 1. The first-order chi connectivity index (χ1) is 19.6. The smallest absolute Gasteiger partial charge is 0.256 e. The number of thiazole rings is 1. The molecule has 216 valence electrons. The van der Waals surface area contributed by atoms with Gasteiger partial charge in [-0.05, 0) is 43.0 Å². The van der Waals surface area contributed by atoms with Gasteiger partial charge in [0.05, 0.1) is 21.6 Å². The minimum Gasteiger partial charge on any atom is -0.497 e. The zero-order valence-electron chi connectivity index (χ0n) is 23.5. The quantitative estimate of drug-likeness (QED) is 0.258. The summed E-state index contributed by atoms with van der Waals surface area (Å²) in [6.45, 7) is 1.51. The van der Waals surface area contributed by atoms with Crippen LogP contribution in [0.15, 0.2) is 54.6 Å². The van der Waals surface area contributed by atoms with E-state index in [9.17, 15) is 23.1 Å². The number of aliphatic hydroxyl groups excluding tert-OH is 2. The number of hydrogen-bond acceptors (Lipinski definition) is 9. The highest BCUT2D eigenvalue weighted by molar-refractivity contribution is 7.89. The van der Waals surface area contributed by atoms with Crippen molar-refractivity contribution in [1.29, 1.82) is 0 Å². The molecule has 0 bridgehead atoms. The van der Waals surface area contributed by atoms with Crippen molar-refractivity contribution in [1.82, 2.24) is 14.2 Å². The molecule has 0 aliphatic carbocycles. The summed E-state index contributed by atoms with van der Waals surface area (Å²) in [5.41, 5.74) is 1.49. The fraction of sp³-hybridized carbons (Fsp3) is 0.393. The number of ketones is 1. The number of aryl methyl sites for hydroxylation is 2. The molecule has 10 nitrogen and oxygen atoms in total. The Labute approximate surface area is 240 Å². The van der Waals surface area contributed by atoms with Crippen LogP contribution in [-0.4, -0.2) is 84.1 Å². The molecular formula is C28H35N3O7S2.